The summed E-state index contributed by atoms with van der Waals surface area (Å²) in [4.78, 5) is 1.25. The standard InChI is InChI=1S/C12H11BrOS/c1-9-7-10(13)4-5-12(9)14-8-11-3-2-6-15-11/h2-7H,8H2,1H3. The van der Waals surface area contributed by atoms with Crippen LogP contribution in [0.4, 0.5) is 0 Å². The van der Waals surface area contributed by atoms with Crippen molar-refractivity contribution in [2.45, 2.75) is 13.5 Å². The van der Waals surface area contributed by atoms with E-state index in [1.807, 2.05) is 18.2 Å². The Morgan fingerprint density at radius 2 is 2.20 bits per heavy atom. The number of rotatable bonds is 3. The summed E-state index contributed by atoms with van der Waals surface area (Å²) in [6, 6.07) is 10.2. The van der Waals surface area contributed by atoms with Crippen LogP contribution in [0.2, 0.25) is 0 Å². The predicted octanol–water partition coefficient (Wildman–Crippen LogP) is 4.40. The molecular formula is C12H11BrOS. The van der Waals surface area contributed by atoms with Gasteiger partial charge in [0.1, 0.15) is 12.4 Å². The molecule has 0 saturated heterocycles. The molecule has 0 radical (unpaired) electrons. The molecule has 0 atom stereocenters. The molecule has 0 saturated carbocycles. The number of thiophene rings is 1. The number of aryl methyl sites for hydroxylation is 1. The van der Waals surface area contributed by atoms with Gasteiger partial charge in [-0.1, -0.05) is 22.0 Å². The minimum Gasteiger partial charge on any atom is -0.488 e. The lowest BCUT2D eigenvalue weighted by atomic mass is 10.2. The van der Waals surface area contributed by atoms with Gasteiger partial charge < -0.3 is 4.74 Å². The molecule has 15 heavy (non-hydrogen) atoms. The molecule has 0 fully saturated rings. The van der Waals surface area contributed by atoms with Crippen LogP contribution in [0.25, 0.3) is 0 Å². The summed E-state index contributed by atoms with van der Waals surface area (Å²) in [6.07, 6.45) is 0. The Balaban J connectivity index is 2.05. The second kappa shape index (κ2) is 4.81. The van der Waals surface area contributed by atoms with Crippen molar-refractivity contribution in [1.29, 1.82) is 0 Å². The van der Waals surface area contributed by atoms with Gasteiger partial charge in [0.05, 0.1) is 0 Å². The Morgan fingerprint density at radius 1 is 1.33 bits per heavy atom. The van der Waals surface area contributed by atoms with Crippen molar-refractivity contribution in [3.05, 3.63) is 50.6 Å². The van der Waals surface area contributed by atoms with Crippen molar-refractivity contribution in [1.82, 2.24) is 0 Å². The molecule has 1 aromatic heterocycles. The molecule has 3 heteroatoms. The number of hydrogen-bond donors (Lipinski definition) is 0. The van der Waals surface area contributed by atoms with Gasteiger partial charge in [0.15, 0.2) is 0 Å². The maximum absolute atomic E-state index is 5.73. The first-order chi connectivity index (χ1) is 7.25. The Labute approximate surface area is 102 Å². The van der Waals surface area contributed by atoms with Gasteiger partial charge in [-0.2, -0.15) is 0 Å². The maximum atomic E-state index is 5.73. The van der Waals surface area contributed by atoms with Crippen LogP contribution in [0, 0.1) is 6.92 Å². The van der Waals surface area contributed by atoms with Gasteiger partial charge in [-0.05, 0) is 42.1 Å². The third-order valence-electron chi connectivity index (χ3n) is 2.09. The minimum atomic E-state index is 0.653. The van der Waals surface area contributed by atoms with Crippen molar-refractivity contribution >= 4 is 27.3 Å². The molecule has 0 unspecified atom stereocenters. The van der Waals surface area contributed by atoms with E-state index in [1.165, 1.54) is 4.88 Å². The second-order valence-electron chi connectivity index (χ2n) is 3.28. The van der Waals surface area contributed by atoms with Crippen LogP contribution < -0.4 is 4.74 Å². The zero-order valence-corrected chi connectivity index (χ0v) is 10.8. The molecule has 0 aliphatic carbocycles. The maximum Gasteiger partial charge on any atom is 0.122 e. The average molecular weight is 283 g/mol. The molecule has 78 valence electrons. The first-order valence-electron chi connectivity index (χ1n) is 4.67. The highest BCUT2D eigenvalue weighted by Crippen LogP contribution is 2.23. The number of ether oxygens (including phenoxy) is 1. The van der Waals surface area contributed by atoms with Crippen LogP contribution in [-0.2, 0) is 6.61 Å². The molecule has 0 aliphatic heterocycles. The highest BCUT2D eigenvalue weighted by Gasteiger charge is 2.00. The summed E-state index contributed by atoms with van der Waals surface area (Å²) in [5.41, 5.74) is 1.15. The first kappa shape index (κ1) is 10.7. The molecule has 0 bridgehead atoms. The van der Waals surface area contributed by atoms with E-state index in [9.17, 15) is 0 Å². The van der Waals surface area contributed by atoms with Gasteiger partial charge in [0.2, 0.25) is 0 Å². The molecule has 2 aromatic rings. The van der Waals surface area contributed by atoms with Gasteiger partial charge >= 0.3 is 0 Å². The summed E-state index contributed by atoms with van der Waals surface area (Å²) in [5.74, 6) is 0.951. The van der Waals surface area contributed by atoms with E-state index in [4.69, 9.17) is 4.74 Å². The highest BCUT2D eigenvalue weighted by molar-refractivity contribution is 9.10. The zero-order chi connectivity index (χ0) is 10.7. The van der Waals surface area contributed by atoms with Crippen LogP contribution in [0.15, 0.2) is 40.2 Å². The van der Waals surface area contributed by atoms with E-state index in [0.29, 0.717) is 6.61 Å². The summed E-state index contributed by atoms with van der Waals surface area (Å²) >= 11 is 5.15. The topological polar surface area (TPSA) is 9.23 Å². The molecule has 0 N–H and O–H groups in total. The lowest BCUT2D eigenvalue weighted by Crippen LogP contribution is -1.94. The fourth-order valence-corrected chi connectivity index (χ4v) is 2.41. The third-order valence-corrected chi connectivity index (χ3v) is 3.43. The Hall–Kier alpha value is -0.800. The molecule has 0 spiro atoms. The Bertz CT molecular complexity index is 437. The van der Waals surface area contributed by atoms with E-state index in [-0.39, 0.29) is 0 Å². The predicted molar refractivity (Wildman–Crippen MR) is 67.5 cm³/mol. The Kier molecular flexibility index (Phi) is 3.44. The third kappa shape index (κ3) is 2.83. The fraction of sp³-hybridized carbons (Fsp3) is 0.167. The number of halogens is 1. The highest BCUT2D eigenvalue weighted by atomic mass is 79.9. The van der Waals surface area contributed by atoms with Crippen LogP contribution >= 0.6 is 27.3 Å². The second-order valence-corrected chi connectivity index (χ2v) is 5.23. The molecule has 1 nitrogen and oxygen atoms in total. The van der Waals surface area contributed by atoms with Crippen molar-refractivity contribution in [2.75, 3.05) is 0 Å². The van der Waals surface area contributed by atoms with Crippen LogP contribution in [0.1, 0.15) is 10.4 Å². The normalized spacial score (nSPS) is 10.3. The number of hydrogen-bond acceptors (Lipinski definition) is 2. The van der Waals surface area contributed by atoms with Crippen molar-refractivity contribution in [2.24, 2.45) is 0 Å². The van der Waals surface area contributed by atoms with E-state index in [0.717, 1.165) is 15.8 Å². The lowest BCUT2D eigenvalue weighted by molar-refractivity contribution is 0.307. The average Bonchev–Trinajstić information content (AvgIpc) is 2.69. The smallest absolute Gasteiger partial charge is 0.122 e. The summed E-state index contributed by atoms with van der Waals surface area (Å²) < 4.78 is 6.81. The summed E-state index contributed by atoms with van der Waals surface area (Å²) in [5, 5.41) is 2.06. The summed E-state index contributed by atoms with van der Waals surface area (Å²) in [7, 11) is 0. The number of benzene rings is 1. The van der Waals surface area contributed by atoms with Crippen molar-refractivity contribution < 1.29 is 4.74 Å². The molecule has 1 aromatic carbocycles. The van der Waals surface area contributed by atoms with E-state index < -0.39 is 0 Å². The fourth-order valence-electron chi connectivity index (χ4n) is 1.32. The van der Waals surface area contributed by atoms with E-state index in [1.54, 1.807) is 11.3 Å². The molecular weight excluding hydrogens is 272 g/mol. The molecule has 1 heterocycles. The van der Waals surface area contributed by atoms with E-state index in [2.05, 4.69) is 40.4 Å². The summed E-state index contributed by atoms with van der Waals surface area (Å²) in [6.45, 7) is 2.70. The lowest BCUT2D eigenvalue weighted by Gasteiger charge is -2.07. The van der Waals surface area contributed by atoms with Crippen LogP contribution in [-0.4, -0.2) is 0 Å². The molecule has 2 rings (SSSR count). The molecule has 0 amide bonds. The van der Waals surface area contributed by atoms with Gasteiger partial charge in [0, 0.05) is 9.35 Å². The SMILES string of the molecule is Cc1cc(Br)ccc1OCc1cccs1. The first-order valence-corrected chi connectivity index (χ1v) is 6.34. The molecule has 0 aliphatic rings. The van der Waals surface area contributed by atoms with Crippen LogP contribution in [0.5, 0.6) is 5.75 Å². The van der Waals surface area contributed by atoms with Gasteiger partial charge in [-0.15, -0.1) is 11.3 Å². The van der Waals surface area contributed by atoms with E-state index >= 15 is 0 Å². The minimum absolute atomic E-state index is 0.653. The van der Waals surface area contributed by atoms with Gasteiger partial charge in [-0.25, -0.2) is 0 Å². The van der Waals surface area contributed by atoms with Crippen molar-refractivity contribution in [3.8, 4) is 5.75 Å². The quantitative estimate of drug-likeness (QED) is 0.811. The van der Waals surface area contributed by atoms with Gasteiger partial charge in [0.25, 0.3) is 0 Å². The van der Waals surface area contributed by atoms with Gasteiger partial charge in [-0.3, -0.25) is 0 Å². The Morgan fingerprint density at radius 3 is 2.87 bits per heavy atom. The van der Waals surface area contributed by atoms with Crippen molar-refractivity contribution in [3.63, 3.8) is 0 Å². The largest absolute Gasteiger partial charge is 0.488 e. The monoisotopic (exact) mass is 282 g/mol. The zero-order valence-electron chi connectivity index (χ0n) is 8.37. The van der Waals surface area contributed by atoms with Crippen LogP contribution in [0.3, 0.4) is 0 Å².